The van der Waals surface area contributed by atoms with Crippen LogP contribution in [-0.2, 0) is 9.59 Å². The largest absolute Gasteiger partial charge is 0.503 e. The van der Waals surface area contributed by atoms with Crippen molar-refractivity contribution in [1.82, 2.24) is 4.98 Å². The Kier molecular flexibility index (Phi) is 4.19. The van der Waals surface area contributed by atoms with Crippen molar-refractivity contribution in [3.63, 3.8) is 0 Å². The number of amides is 1. The number of carbonyl (C=O) groups excluding carboxylic acids is 2. The summed E-state index contributed by atoms with van der Waals surface area (Å²) in [6, 6.07) is 7.85. The van der Waals surface area contributed by atoms with Gasteiger partial charge in [0.05, 0.1) is 11.6 Å². The molecule has 0 spiro atoms. The van der Waals surface area contributed by atoms with E-state index in [1.807, 2.05) is 0 Å². The molecule has 1 amide bonds. The Morgan fingerprint density at radius 3 is 2.46 bits per heavy atom. The molecule has 2 heterocycles. The highest BCUT2D eigenvalue weighted by Gasteiger charge is 2.43. The first-order valence-corrected chi connectivity index (χ1v) is 7.84. The number of benzene rings is 1. The number of aromatic nitrogens is 1. The highest BCUT2D eigenvalue weighted by atomic mass is 79.9. The SMILES string of the molecule is CC(=O)C1=C(O)C(=O)N(c2ccc(Br)cn2)[C@@H]1c1ccc(F)cc1. The van der Waals surface area contributed by atoms with Crippen LogP contribution in [0.4, 0.5) is 10.2 Å². The molecule has 7 heteroatoms. The third-order valence-corrected chi connectivity index (χ3v) is 4.20. The second-order valence-electron chi connectivity index (χ2n) is 5.28. The molecule has 0 fully saturated rings. The molecule has 2 aromatic rings. The van der Waals surface area contributed by atoms with Gasteiger partial charge in [0.1, 0.15) is 11.6 Å². The lowest BCUT2D eigenvalue weighted by Crippen LogP contribution is -2.31. The Hall–Kier alpha value is -2.54. The van der Waals surface area contributed by atoms with E-state index >= 15 is 0 Å². The lowest BCUT2D eigenvalue weighted by Gasteiger charge is -2.25. The molecule has 3 rings (SSSR count). The second-order valence-corrected chi connectivity index (χ2v) is 6.20. The van der Waals surface area contributed by atoms with Gasteiger partial charge in [-0.15, -0.1) is 0 Å². The van der Waals surface area contributed by atoms with Crippen LogP contribution >= 0.6 is 15.9 Å². The zero-order valence-corrected chi connectivity index (χ0v) is 14.1. The zero-order valence-electron chi connectivity index (χ0n) is 12.5. The van der Waals surface area contributed by atoms with Gasteiger partial charge in [-0.3, -0.25) is 14.5 Å². The fourth-order valence-corrected chi connectivity index (χ4v) is 2.91. The van der Waals surface area contributed by atoms with E-state index in [1.165, 1.54) is 42.3 Å². The number of carbonyl (C=O) groups is 2. The molecule has 0 saturated heterocycles. The van der Waals surface area contributed by atoms with Crippen LogP contribution in [-0.4, -0.2) is 21.8 Å². The van der Waals surface area contributed by atoms with Gasteiger partial charge in [-0.1, -0.05) is 12.1 Å². The van der Waals surface area contributed by atoms with E-state index in [2.05, 4.69) is 20.9 Å². The number of Topliss-reactive ketones (excluding diaryl/α,β-unsaturated/α-hetero) is 1. The van der Waals surface area contributed by atoms with Crippen LogP contribution in [0.2, 0.25) is 0 Å². The van der Waals surface area contributed by atoms with Crippen molar-refractivity contribution in [2.45, 2.75) is 13.0 Å². The molecule has 122 valence electrons. The van der Waals surface area contributed by atoms with Crippen LogP contribution in [0.3, 0.4) is 0 Å². The molecule has 1 N–H and O–H groups in total. The van der Waals surface area contributed by atoms with Gasteiger partial charge < -0.3 is 5.11 Å². The van der Waals surface area contributed by atoms with Gasteiger partial charge in [0.2, 0.25) is 0 Å². The molecule has 1 aliphatic rings. The second kappa shape index (κ2) is 6.16. The minimum absolute atomic E-state index is 0.0312. The van der Waals surface area contributed by atoms with Crippen LogP contribution in [0, 0.1) is 5.82 Å². The quantitative estimate of drug-likeness (QED) is 0.870. The highest BCUT2D eigenvalue weighted by molar-refractivity contribution is 9.10. The van der Waals surface area contributed by atoms with E-state index in [4.69, 9.17) is 0 Å². The van der Waals surface area contributed by atoms with Gasteiger partial charge in [-0.2, -0.15) is 0 Å². The summed E-state index contributed by atoms with van der Waals surface area (Å²) in [6.45, 7) is 1.27. The Morgan fingerprint density at radius 2 is 1.92 bits per heavy atom. The molecule has 0 aliphatic carbocycles. The Labute approximate surface area is 145 Å². The number of hydrogen-bond donors (Lipinski definition) is 1. The van der Waals surface area contributed by atoms with E-state index < -0.39 is 29.3 Å². The summed E-state index contributed by atoms with van der Waals surface area (Å²) < 4.78 is 13.9. The van der Waals surface area contributed by atoms with Crippen LogP contribution in [0.5, 0.6) is 0 Å². The molecular weight excluding hydrogens is 379 g/mol. The van der Waals surface area contributed by atoms with Gasteiger partial charge >= 0.3 is 0 Å². The zero-order chi connectivity index (χ0) is 17.4. The maximum atomic E-state index is 13.2. The Bertz CT molecular complexity index is 847. The summed E-state index contributed by atoms with van der Waals surface area (Å²) in [5.74, 6) is -1.92. The van der Waals surface area contributed by atoms with Crippen LogP contribution in [0.25, 0.3) is 0 Å². The van der Waals surface area contributed by atoms with Crippen molar-refractivity contribution in [3.8, 4) is 0 Å². The number of aliphatic hydroxyl groups is 1. The molecule has 24 heavy (non-hydrogen) atoms. The number of pyridine rings is 1. The van der Waals surface area contributed by atoms with Crippen LogP contribution in [0.1, 0.15) is 18.5 Å². The third kappa shape index (κ3) is 2.71. The average Bonchev–Trinajstić information content (AvgIpc) is 2.81. The van der Waals surface area contributed by atoms with E-state index in [9.17, 15) is 19.1 Å². The maximum absolute atomic E-state index is 13.2. The lowest BCUT2D eigenvalue weighted by molar-refractivity contribution is -0.117. The first kappa shape index (κ1) is 16.3. The monoisotopic (exact) mass is 390 g/mol. The minimum Gasteiger partial charge on any atom is -0.503 e. The number of hydrogen-bond acceptors (Lipinski definition) is 4. The molecule has 1 aromatic heterocycles. The van der Waals surface area contributed by atoms with Crippen LogP contribution in [0.15, 0.2) is 58.4 Å². The van der Waals surface area contributed by atoms with Crippen molar-refractivity contribution in [2.75, 3.05) is 4.90 Å². The number of rotatable bonds is 3. The molecule has 5 nitrogen and oxygen atoms in total. The number of anilines is 1. The fourth-order valence-electron chi connectivity index (χ4n) is 2.67. The minimum atomic E-state index is -0.857. The predicted molar refractivity (Wildman–Crippen MR) is 88.9 cm³/mol. The van der Waals surface area contributed by atoms with E-state index in [0.717, 1.165) is 4.47 Å². The molecule has 0 radical (unpaired) electrons. The molecular formula is C17H12BrFN2O3. The van der Waals surface area contributed by atoms with Crippen molar-refractivity contribution in [3.05, 3.63) is 69.8 Å². The van der Waals surface area contributed by atoms with Gasteiger partial charge in [0.15, 0.2) is 11.5 Å². The lowest BCUT2D eigenvalue weighted by atomic mass is 9.97. The highest BCUT2D eigenvalue weighted by Crippen LogP contribution is 2.40. The van der Waals surface area contributed by atoms with Gasteiger partial charge in [0, 0.05) is 10.7 Å². The Balaban J connectivity index is 2.16. The smallest absolute Gasteiger partial charge is 0.295 e. The summed E-state index contributed by atoms with van der Waals surface area (Å²) in [5, 5.41) is 10.2. The number of ketones is 1. The summed E-state index contributed by atoms with van der Waals surface area (Å²) in [5.41, 5.74) is 0.472. The van der Waals surface area contributed by atoms with E-state index in [0.29, 0.717) is 5.56 Å². The summed E-state index contributed by atoms with van der Waals surface area (Å²) in [7, 11) is 0. The average molecular weight is 391 g/mol. The number of halogens is 2. The van der Waals surface area contributed by atoms with E-state index in [-0.39, 0.29) is 11.4 Å². The van der Waals surface area contributed by atoms with Gasteiger partial charge in [0.25, 0.3) is 5.91 Å². The predicted octanol–water partition coefficient (Wildman–Crippen LogP) is 3.47. The van der Waals surface area contributed by atoms with Gasteiger partial charge in [-0.05, 0) is 52.7 Å². The van der Waals surface area contributed by atoms with Crippen molar-refractivity contribution >= 4 is 33.4 Å². The molecule has 1 aliphatic heterocycles. The fraction of sp³-hybridized carbons (Fsp3) is 0.118. The van der Waals surface area contributed by atoms with Crippen molar-refractivity contribution in [1.29, 1.82) is 0 Å². The first-order chi connectivity index (χ1) is 11.4. The van der Waals surface area contributed by atoms with Gasteiger partial charge in [-0.25, -0.2) is 9.37 Å². The molecule has 0 bridgehead atoms. The summed E-state index contributed by atoms with van der Waals surface area (Å²) >= 11 is 3.26. The molecule has 1 atom stereocenters. The topological polar surface area (TPSA) is 70.5 Å². The van der Waals surface area contributed by atoms with E-state index in [1.54, 1.807) is 12.1 Å². The Morgan fingerprint density at radius 1 is 1.25 bits per heavy atom. The molecule has 0 unspecified atom stereocenters. The standard InChI is InChI=1S/C17H12BrFN2O3/c1-9(22)14-15(10-2-5-12(19)6-3-10)21(17(24)16(14)23)13-7-4-11(18)8-20-13/h2-8,15,23H,1H3/t15-/m1/s1. The maximum Gasteiger partial charge on any atom is 0.295 e. The van der Waals surface area contributed by atoms with Crippen molar-refractivity contribution < 1.29 is 19.1 Å². The first-order valence-electron chi connectivity index (χ1n) is 7.05. The normalized spacial score (nSPS) is 17.5. The molecule has 0 saturated carbocycles. The number of aliphatic hydroxyl groups excluding tert-OH is 1. The molecule has 1 aromatic carbocycles. The summed E-state index contributed by atoms with van der Waals surface area (Å²) in [6.07, 6.45) is 1.51. The van der Waals surface area contributed by atoms with Crippen molar-refractivity contribution in [2.24, 2.45) is 0 Å². The van der Waals surface area contributed by atoms with Crippen LogP contribution < -0.4 is 4.90 Å². The summed E-state index contributed by atoms with van der Waals surface area (Å²) in [4.78, 5) is 29.9. The third-order valence-electron chi connectivity index (χ3n) is 3.73. The number of nitrogens with zero attached hydrogens (tertiary/aromatic N) is 2.